The Morgan fingerprint density at radius 2 is 1.80 bits per heavy atom. The van der Waals surface area contributed by atoms with Crippen molar-refractivity contribution >= 4 is 22.9 Å². The van der Waals surface area contributed by atoms with Gasteiger partial charge in [0.2, 0.25) is 0 Å². The van der Waals surface area contributed by atoms with Gasteiger partial charge in [-0.25, -0.2) is 4.99 Å². The maximum absolute atomic E-state index is 4.95. The maximum Gasteiger partial charge on any atom is 0.114 e. The molecule has 2 aromatic carbocycles. The number of aryl methyl sites for hydroxylation is 1. The van der Waals surface area contributed by atoms with Crippen molar-refractivity contribution in [3.05, 3.63) is 65.7 Å². The predicted octanol–water partition coefficient (Wildman–Crippen LogP) is 6.38. The van der Waals surface area contributed by atoms with E-state index in [9.17, 15) is 0 Å². The normalized spacial score (nSPS) is 13.9. The van der Waals surface area contributed by atoms with Crippen molar-refractivity contribution in [3.63, 3.8) is 0 Å². The average Bonchev–Trinajstić information content (AvgIpc) is 2.61. The Morgan fingerprint density at radius 3 is 2.48 bits per heavy atom. The van der Waals surface area contributed by atoms with E-state index in [0.717, 1.165) is 42.0 Å². The summed E-state index contributed by atoms with van der Waals surface area (Å²) in [5.41, 5.74) is 7.12. The van der Waals surface area contributed by atoms with E-state index in [1.165, 1.54) is 16.8 Å². The van der Waals surface area contributed by atoms with Crippen LogP contribution in [-0.2, 0) is 12.8 Å². The van der Waals surface area contributed by atoms with Crippen LogP contribution >= 0.6 is 0 Å². The zero-order valence-corrected chi connectivity index (χ0v) is 15.8. The maximum atomic E-state index is 4.95. The SMILES string of the molecule is C=C1c2cc(CC)ccc2N=C(CC)N1c1ccccc1CC(C)C. The fraction of sp³-hybridized carbons (Fsp3) is 0.348. The number of para-hydroxylation sites is 1. The van der Waals surface area contributed by atoms with Gasteiger partial charge in [0.05, 0.1) is 11.4 Å². The molecule has 0 amide bonds. The number of fused-ring (bicyclic) bond motifs is 1. The van der Waals surface area contributed by atoms with Crippen LogP contribution in [-0.4, -0.2) is 5.84 Å². The number of hydrogen-bond donors (Lipinski definition) is 0. The molecule has 2 heteroatoms. The summed E-state index contributed by atoms with van der Waals surface area (Å²) in [7, 11) is 0. The minimum atomic E-state index is 0.611. The third-order valence-electron chi connectivity index (χ3n) is 4.73. The molecule has 0 atom stereocenters. The zero-order chi connectivity index (χ0) is 18.0. The van der Waals surface area contributed by atoms with Crippen molar-refractivity contribution in [3.8, 4) is 0 Å². The molecule has 2 nitrogen and oxygen atoms in total. The molecule has 0 aliphatic carbocycles. The monoisotopic (exact) mass is 332 g/mol. The van der Waals surface area contributed by atoms with Crippen LogP contribution in [0.4, 0.5) is 11.4 Å². The Labute approximate surface area is 151 Å². The van der Waals surface area contributed by atoms with Crippen LogP contribution in [0.25, 0.3) is 5.70 Å². The highest BCUT2D eigenvalue weighted by atomic mass is 15.2. The van der Waals surface area contributed by atoms with E-state index >= 15 is 0 Å². The molecule has 130 valence electrons. The lowest BCUT2D eigenvalue weighted by Crippen LogP contribution is -2.31. The van der Waals surface area contributed by atoms with E-state index < -0.39 is 0 Å². The van der Waals surface area contributed by atoms with Gasteiger partial charge in [-0.15, -0.1) is 0 Å². The van der Waals surface area contributed by atoms with Gasteiger partial charge >= 0.3 is 0 Å². The van der Waals surface area contributed by atoms with Gasteiger partial charge in [-0.05, 0) is 48.1 Å². The molecule has 1 aliphatic rings. The van der Waals surface area contributed by atoms with E-state index in [1.807, 2.05) is 0 Å². The molecule has 0 saturated carbocycles. The van der Waals surface area contributed by atoms with Crippen LogP contribution in [0.3, 0.4) is 0 Å². The van der Waals surface area contributed by atoms with Gasteiger partial charge in [0.15, 0.2) is 0 Å². The summed E-state index contributed by atoms with van der Waals surface area (Å²) in [6.07, 6.45) is 2.96. The fourth-order valence-corrected chi connectivity index (χ4v) is 3.46. The standard InChI is InChI=1S/C23H28N2/c1-6-18-12-13-21-20(15-18)17(5)25(23(7-2)24-21)22-11-9-8-10-19(22)14-16(3)4/h8-13,15-16H,5-7,14H2,1-4H3. The molecule has 0 radical (unpaired) electrons. The third-order valence-corrected chi connectivity index (χ3v) is 4.73. The molecule has 0 aromatic heterocycles. The van der Waals surface area contributed by atoms with Crippen LogP contribution in [0.2, 0.25) is 0 Å². The second-order valence-electron chi connectivity index (χ2n) is 7.10. The predicted molar refractivity (Wildman–Crippen MR) is 110 cm³/mol. The number of hydrogen-bond acceptors (Lipinski definition) is 2. The molecule has 1 aliphatic heterocycles. The van der Waals surface area contributed by atoms with Gasteiger partial charge in [-0.3, -0.25) is 4.90 Å². The molecule has 1 heterocycles. The lowest BCUT2D eigenvalue weighted by atomic mass is 9.97. The van der Waals surface area contributed by atoms with Crippen molar-refractivity contribution < 1.29 is 0 Å². The van der Waals surface area contributed by atoms with E-state index in [2.05, 4.69) is 81.6 Å². The van der Waals surface area contributed by atoms with Crippen LogP contribution in [0.15, 0.2) is 54.0 Å². The number of benzene rings is 2. The van der Waals surface area contributed by atoms with Gasteiger partial charge in [-0.2, -0.15) is 0 Å². The summed E-state index contributed by atoms with van der Waals surface area (Å²) in [5.74, 6) is 1.68. The van der Waals surface area contributed by atoms with E-state index in [0.29, 0.717) is 5.92 Å². The van der Waals surface area contributed by atoms with E-state index in [4.69, 9.17) is 4.99 Å². The van der Waals surface area contributed by atoms with Gasteiger partial charge in [0, 0.05) is 17.7 Å². The summed E-state index contributed by atoms with van der Waals surface area (Å²) in [4.78, 5) is 7.21. The molecule has 0 N–H and O–H groups in total. The highest BCUT2D eigenvalue weighted by Crippen LogP contribution is 2.39. The molecular formula is C23H28N2. The highest BCUT2D eigenvalue weighted by molar-refractivity contribution is 6.13. The summed E-state index contributed by atoms with van der Waals surface area (Å²) >= 11 is 0. The van der Waals surface area contributed by atoms with Crippen molar-refractivity contribution in [1.82, 2.24) is 0 Å². The Bertz CT molecular complexity index is 815. The van der Waals surface area contributed by atoms with Gasteiger partial charge in [0.1, 0.15) is 5.84 Å². The number of amidine groups is 1. The molecule has 3 rings (SSSR count). The lowest BCUT2D eigenvalue weighted by molar-refractivity contribution is 0.647. The average molecular weight is 332 g/mol. The number of aliphatic imine (C=N–C) groups is 1. The van der Waals surface area contributed by atoms with Crippen LogP contribution in [0.1, 0.15) is 50.8 Å². The van der Waals surface area contributed by atoms with E-state index in [1.54, 1.807) is 0 Å². The zero-order valence-electron chi connectivity index (χ0n) is 15.8. The fourth-order valence-electron chi connectivity index (χ4n) is 3.46. The Morgan fingerprint density at radius 1 is 1.04 bits per heavy atom. The van der Waals surface area contributed by atoms with Crippen LogP contribution < -0.4 is 4.90 Å². The lowest BCUT2D eigenvalue weighted by Gasteiger charge is -2.34. The summed E-state index contributed by atoms with van der Waals surface area (Å²) in [6, 6.07) is 15.2. The topological polar surface area (TPSA) is 15.6 Å². The third kappa shape index (κ3) is 3.39. The first-order valence-corrected chi connectivity index (χ1v) is 9.32. The second-order valence-corrected chi connectivity index (χ2v) is 7.10. The molecule has 0 spiro atoms. The number of anilines is 1. The largest absolute Gasteiger partial charge is 0.298 e. The smallest absolute Gasteiger partial charge is 0.114 e. The molecule has 0 bridgehead atoms. The summed E-state index contributed by atoms with van der Waals surface area (Å²) < 4.78 is 0. The molecule has 25 heavy (non-hydrogen) atoms. The van der Waals surface area contributed by atoms with Gasteiger partial charge in [0.25, 0.3) is 0 Å². The van der Waals surface area contributed by atoms with Crippen molar-refractivity contribution in [2.24, 2.45) is 10.9 Å². The van der Waals surface area contributed by atoms with Crippen molar-refractivity contribution in [2.45, 2.75) is 47.0 Å². The van der Waals surface area contributed by atoms with E-state index in [-0.39, 0.29) is 0 Å². The quantitative estimate of drug-likeness (QED) is 0.620. The second kappa shape index (κ2) is 7.26. The Balaban J connectivity index is 2.12. The first kappa shape index (κ1) is 17.5. The van der Waals surface area contributed by atoms with Crippen LogP contribution in [0.5, 0.6) is 0 Å². The Hall–Kier alpha value is -2.35. The van der Waals surface area contributed by atoms with Crippen LogP contribution in [0, 0.1) is 5.92 Å². The highest BCUT2D eigenvalue weighted by Gasteiger charge is 2.25. The van der Waals surface area contributed by atoms with Crippen molar-refractivity contribution in [1.29, 1.82) is 0 Å². The van der Waals surface area contributed by atoms with Gasteiger partial charge in [-0.1, -0.05) is 58.5 Å². The number of rotatable bonds is 5. The molecule has 0 fully saturated rings. The number of nitrogens with zero attached hydrogens (tertiary/aromatic N) is 2. The summed E-state index contributed by atoms with van der Waals surface area (Å²) in [6.45, 7) is 13.3. The first-order chi connectivity index (χ1) is 12.0. The Kier molecular flexibility index (Phi) is 5.08. The molecule has 2 aromatic rings. The van der Waals surface area contributed by atoms with Gasteiger partial charge < -0.3 is 0 Å². The minimum Gasteiger partial charge on any atom is -0.298 e. The molecule has 0 unspecified atom stereocenters. The summed E-state index contributed by atoms with van der Waals surface area (Å²) in [5, 5.41) is 0. The minimum absolute atomic E-state index is 0.611. The van der Waals surface area contributed by atoms with Crippen molar-refractivity contribution in [2.75, 3.05) is 4.90 Å². The first-order valence-electron chi connectivity index (χ1n) is 9.32. The molecular weight excluding hydrogens is 304 g/mol. The molecule has 0 saturated heterocycles.